The van der Waals surface area contributed by atoms with Crippen LogP contribution in [0.3, 0.4) is 0 Å². The molecular weight excluding hydrogens is 671 g/mol. The van der Waals surface area contributed by atoms with Gasteiger partial charge in [-0.15, -0.1) is 0 Å². The summed E-state index contributed by atoms with van der Waals surface area (Å²) in [6.45, 7) is 13.9. The molecule has 2 atom stereocenters. The maximum atomic E-state index is 2.69. The molecule has 1 fully saturated rings. The summed E-state index contributed by atoms with van der Waals surface area (Å²) < 4.78 is 4.37. The zero-order valence-electron chi connectivity index (χ0n) is 30.5. The minimum absolute atomic E-state index is 0. The summed E-state index contributed by atoms with van der Waals surface area (Å²) in [5.41, 5.74) is 18.4. The van der Waals surface area contributed by atoms with Gasteiger partial charge in [-0.05, 0) is 0 Å². The van der Waals surface area contributed by atoms with Gasteiger partial charge in [0.15, 0.2) is 0 Å². The van der Waals surface area contributed by atoms with E-state index in [4.69, 9.17) is 0 Å². The molecule has 7 rings (SSSR count). The second kappa shape index (κ2) is 15.9. The van der Waals surface area contributed by atoms with E-state index in [0.29, 0.717) is 20.3 Å². The molecule has 4 aromatic carbocycles. The maximum Gasteiger partial charge on any atom is -1.00 e. The number of fused-ring (bicyclic) bond motifs is 2. The summed E-state index contributed by atoms with van der Waals surface area (Å²) in [5.74, 6) is 1.12. The van der Waals surface area contributed by atoms with Crippen molar-refractivity contribution in [3.05, 3.63) is 129 Å². The second-order valence-corrected chi connectivity index (χ2v) is 22.6. The van der Waals surface area contributed by atoms with Gasteiger partial charge in [0, 0.05) is 0 Å². The van der Waals surface area contributed by atoms with Crippen LogP contribution < -0.4 is 24.8 Å². The van der Waals surface area contributed by atoms with Crippen LogP contribution in [0.1, 0.15) is 134 Å². The number of halogens is 2. The van der Waals surface area contributed by atoms with Crippen molar-refractivity contribution in [3.63, 3.8) is 0 Å². The number of benzene rings is 4. The van der Waals surface area contributed by atoms with Gasteiger partial charge in [-0.25, -0.2) is 0 Å². The Kier molecular flexibility index (Phi) is 12.3. The maximum absolute atomic E-state index is 2.69. The summed E-state index contributed by atoms with van der Waals surface area (Å²) in [7, 11) is 0. The minimum Gasteiger partial charge on any atom is -1.00 e. The molecule has 2 aliphatic carbocycles. The molecule has 3 heteroatoms. The molecule has 1 heterocycles. The average molecular weight is 726 g/mol. The number of hydrogen-bond acceptors (Lipinski definition) is 0. The first-order valence-electron chi connectivity index (χ1n) is 18.7. The number of unbranched alkanes of at least 4 members (excludes halogenated alkanes) is 2. The molecule has 0 saturated carbocycles. The SMILES string of the molecule is CCCCC1=Cc2c(-c3ccc(C(C)C)cc3)cccc2[CH]1[Ti+2]1([CH]2C(CCCC)=Cc3c(-c4ccc(C(C)C)cc4)cccc32)[CH2][CH2]1.[Cl-].[Cl-]. The van der Waals surface area contributed by atoms with E-state index in [9.17, 15) is 0 Å². The van der Waals surface area contributed by atoms with Crippen LogP contribution in [0.4, 0.5) is 0 Å². The summed E-state index contributed by atoms with van der Waals surface area (Å²) in [4.78, 5) is 0. The van der Waals surface area contributed by atoms with Crippen molar-refractivity contribution in [1.82, 2.24) is 0 Å². The van der Waals surface area contributed by atoms with Crippen molar-refractivity contribution < 1.29 is 41.4 Å². The third-order valence-electron chi connectivity index (χ3n) is 11.7. The summed E-state index contributed by atoms with van der Waals surface area (Å²) in [6, 6.07) is 33.5. The third kappa shape index (κ3) is 7.11. The fourth-order valence-corrected chi connectivity index (χ4v) is 19.3. The molecule has 0 spiro atoms. The van der Waals surface area contributed by atoms with Gasteiger partial charge >= 0.3 is 290 Å². The van der Waals surface area contributed by atoms with E-state index < -0.39 is 16.6 Å². The van der Waals surface area contributed by atoms with E-state index in [-0.39, 0.29) is 24.8 Å². The van der Waals surface area contributed by atoms with Crippen molar-refractivity contribution in [2.24, 2.45) is 0 Å². The van der Waals surface area contributed by atoms with E-state index in [2.05, 4.69) is 139 Å². The van der Waals surface area contributed by atoms with Gasteiger partial charge in [-0.3, -0.25) is 0 Å². The van der Waals surface area contributed by atoms with Crippen LogP contribution in [0.5, 0.6) is 0 Å². The van der Waals surface area contributed by atoms with Crippen molar-refractivity contribution in [3.8, 4) is 22.3 Å². The van der Waals surface area contributed by atoms with Crippen LogP contribution in [0, 0.1) is 0 Å². The summed E-state index contributed by atoms with van der Waals surface area (Å²) in [5, 5.41) is 0. The average Bonchev–Trinajstić information content (AvgIpc) is 3.63. The first kappa shape index (κ1) is 37.9. The Morgan fingerprint density at radius 3 is 1.27 bits per heavy atom. The molecule has 4 aromatic rings. The normalized spacial score (nSPS) is 17.7. The van der Waals surface area contributed by atoms with Crippen LogP contribution in [-0.2, 0) is 16.6 Å². The molecule has 0 nitrogen and oxygen atoms in total. The first-order valence-corrected chi connectivity index (χ1v) is 22.7. The molecule has 2 unspecified atom stereocenters. The molecule has 0 N–H and O–H groups in total. The van der Waals surface area contributed by atoms with Crippen molar-refractivity contribution >= 4 is 12.2 Å². The fraction of sp³-hybridized carbons (Fsp3) is 0.391. The predicted octanol–water partition coefficient (Wildman–Crippen LogP) is 8.24. The zero-order valence-corrected chi connectivity index (χ0v) is 33.5. The van der Waals surface area contributed by atoms with Crippen molar-refractivity contribution in [2.45, 2.75) is 110 Å². The smallest absolute Gasteiger partial charge is 1.00 e. The Morgan fingerprint density at radius 2 is 0.939 bits per heavy atom. The van der Waals surface area contributed by atoms with Gasteiger partial charge in [-0.2, -0.15) is 0 Å². The Labute approximate surface area is 313 Å². The second-order valence-electron chi connectivity index (χ2n) is 15.4. The first-order chi connectivity index (χ1) is 22.9. The van der Waals surface area contributed by atoms with Gasteiger partial charge in [0.2, 0.25) is 0 Å². The zero-order chi connectivity index (χ0) is 32.7. The number of hydrogen-bond donors (Lipinski definition) is 0. The quantitative estimate of drug-likeness (QED) is 0.129. The Balaban J connectivity index is 0.00000234. The molecular formula is C46H54Cl2Ti. The van der Waals surface area contributed by atoms with E-state index in [1.807, 2.05) is 0 Å². The van der Waals surface area contributed by atoms with E-state index in [0.717, 1.165) is 0 Å². The topological polar surface area (TPSA) is 0 Å². The predicted molar refractivity (Wildman–Crippen MR) is 202 cm³/mol. The molecule has 256 valence electrons. The van der Waals surface area contributed by atoms with E-state index in [1.54, 1.807) is 22.3 Å². The molecule has 0 radical (unpaired) electrons. The molecule has 0 aromatic heterocycles. The largest absolute Gasteiger partial charge is 1.00 e. The Hall–Kier alpha value is -2.35. The number of rotatable bonds is 12. The van der Waals surface area contributed by atoms with Crippen LogP contribution in [-0.4, -0.2) is 0 Å². The fourth-order valence-electron chi connectivity index (χ4n) is 8.97. The molecule has 1 saturated heterocycles. The molecule has 0 bridgehead atoms. The van der Waals surface area contributed by atoms with E-state index in [1.165, 1.54) is 92.5 Å². The van der Waals surface area contributed by atoms with Crippen molar-refractivity contribution in [2.75, 3.05) is 0 Å². The van der Waals surface area contributed by atoms with Crippen LogP contribution >= 0.6 is 0 Å². The molecule has 3 aliphatic rings. The van der Waals surface area contributed by atoms with Gasteiger partial charge in [0.05, 0.1) is 0 Å². The van der Waals surface area contributed by atoms with Gasteiger partial charge < -0.3 is 24.8 Å². The van der Waals surface area contributed by atoms with Crippen LogP contribution in [0.15, 0.2) is 96.1 Å². The molecule has 0 amide bonds. The third-order valence-corrected chi connectivity index (χ3v) is 20.0. The molecule has 49 heavy (non-hydrogen) atoms. The van der Waals surface area contributed by atoms with E-state index >= 15 is 0 Å². The van der Waals surface area contributed by atoms with Crippen LogP contribution in [0.25, 0.3) is 34.4 Å². The summed E-state index contributed by atoms with van der Waals surface area (Å²) >= 11 is -2.45. The van der Waals surface area contributed by atoms with Gasteiger partial charge in [0.1, 0.15) is 0 Å². The Morgan fingerprint density at radius 1 is 0.551 bits per heavy atom. The van der Waals surface area contributed by atoms with Gasteiger partial charge in [0.25, 0.3) is 0 Å². The molecule has 1 aliphatic heterocycles. The van der Waals surface area contributed by atoms with Crippen LogP contribution in [0.2, 0.25) is 9.45 Å². The van der Waals surface area contributed by atoms with Gasteiger partial charge in [-0.1, -0.05) is 0 Å². The standard InChI is InChI=1S/2C22H25.C2H4.2ClH.Ti/c2*1-4-5-7-17-14-20-8-6-9-21(22(20)15-17)19-12-10-18(11-13-19)16(2)3;1-2;;;/h2*6,8-16H,4-5,7H2,1-3H3;1-2H2;2*1H;/q;;;;;+2/p-2. The minimum atomic E-state index is -2.45. The number of allylic oxidation sites excluding steroid dienone is 2. The monoisotopic (exact) mass is 724 g/mol. The summed E-state index contributed by atoms with van der Waals surface area (Å²) in [6.07, 6.45) is 13.0. The Bertz CT molecular complexity index is 1670. The van der Waals surface area contributed by atoms with Crippen molar-refractivity contribution in [1.29, 1.82) is 0 Å².